The van der Waals surface area contributed by atoms with Crippen LogP contribution in [-0.2, 0) is 11.3 Å². The minimum absolute atomic E-state index is 0. The smallest absolute Gasteiger partial charge is 0.251 e. The van der Waals surface area contributed by atoms with Gasteiger partial charge >= 0.3 is 0 Å². The van der Waals surface area contributed by atoms with Crippen molar-refractivity contribution in [3.8, 4) is 0 Å². The van der Waals surface area contributed by atoms with Gasteiger partial charge in [-0.15, -0.1) is 24.8 Å². The zero-order valence-corrected chi connectivity index (χ0v) is 15.5. The van der Waals surface area contributed by atoms with Crippen LogP contribution in [0.25, 0.3) is 0 Å². The largest absolute Gasteiger partial charge is 0.379 e. The molecule has 0 spiro atoms. The maximum absolute atomic E-state index is 12.4. The van der Waals surface area contributed by atoms with E-state index < -0.39 is 0 Å². The standard InChI is InChI=1S/C17H25N3O2.2ClH/c21-17(19-16-5-2-6-18-12-16)15-4-1-3-14(11-15)13-20-7-9-22-10-8-20;;/h1,3-4,11,16,18H,2,5-10,12-13H2,(H,19,21);2*1H/t16-;;/m0../s1. The molecule has 1 aromatic rings. The van der Waals surface area contributed by atoms with E-state index in [1.807, 2.05) is 18.2 Å². The Kier molecular flexibility index (Phi) is 9.63. The Hall–Kier alpha value is -0.850. The van der Waals surface area contributed by atoms with Crippen molar-refractivity contribution in [2.45, 2.75) is 25.4 Å². The molecule has 1 aromatic carbocycles. The average molecular weight is 376 g/mol. The van der Waals surface area contributed by atoms with Crippen LogP contribution in [0, 0.1) is 0 Å². The lowest BCUT2D eigenvalue weighted by Gasteiger charge is -2.27. The summed E-state index contributed by atoms with van der Waals surface area (Å²) in [5.41, 5.74) is 1.95. The normalized spacial score (nSPS) is 21.2. The monoisotopic (exact) mass is 375 g/mol. The van der Waals surface area contributed by atoms with Crippen molar-refractivity contribution in [2.24, 2.45) is 0 Å². The first kappa shape index (κ1) is 21.2. The molecule has 2 aliphatic heterocycles. The molecule has 0 unspecified atom stereocenters. The molecule has 0 radical (unpaired) electrons. The number of halogens is 2. The molecule has 24 heavy (non-hydrogen) atoms. The maximum Gasteiger partial charge on any atom is 0.251 e. The van der Waals surface area contributed by atoms with Gasteiger partial charge in [0, 0.05) is 37.8 Å². The lowest BCUT2D eigenvalue weighted by molar-refractivity contribution is 0.0342. The van der Waals surface area contributed by atoms with Crippen molar-refractivity contribution >= 4 is 30.7 Å². The molecule has 0 aliphatic carbocycles. The number of carbonyl (C=O) groups is 1. The van der Waals surface area contributed by atoms with E-state index in [9.17, 15) is 4.79 Å². The van der Waals surface area contributed by atoms with Gasteiger partial charge in [0.2, 0.25) is 0 Å². The Morgan fingerprint density at radius 2 is 2.08 bits per heavy atom. The van der Waals surface area contributed by atoms with E-state index >= 15 is 0 Å². The molecule has 0 bridgehead atoms. The van der Waals surface area contributed by atoms with E-state index in [1.165, 1.54) is 5.56 Å². The molecule has 1 atom stereocenters. The first-order valence-electron chi connectivity index (χ1n) is 8.22. The highest BCUT2D eigenvalue weighted by atomic mass is 35.5. The summed E-state index contributed by atoms with van der Waals surface area (Å²) in [7, 11) is 0. The van der Waals surface area contributed by atoms with Gasteiger partial charge in [0.1, 0.15) is 0 Å². The van der Waals surface area contributed by atoms with E-state index in [4.69, 9.17) is 4.74 Å². The summed E-state index contributed by atoms with van der Waals surface area (Å²) >= 11 is 0. The van der Waals surface area contributed by atoms with Gasteiger partial charge in [-0.3, -0.25) is 9.69 Å². The van der Waals surface area contributed by atoms with Crippen molar-refractivity contribution < 1.29 is 9.53 Å². The number of rotatable bonds is 4. The zero-order chi connectivity index (χ0) is 15.2. The van der Waals surface area contributed by atoms with Crippen LogP contribution in [0.1, 0.15) is 28.8 Å². The second kappa shape index (κ2) is 10.9. The Morgan fingerprint density at radius 1 is 1.29 bits per heavy atom. The van der Waals surface area contributed by atoms with Crippen LogP contribution in [0.2, 0.25) is 0 Å². The Labute approximate surface area is 156 Å². The molecule has 2 heterocycles. The van der Waals surface area contributed by atoms with Gasteiger partial charge in [-0.1, -0.05) is 12.1 Å². The summed E-state index contributed by atoms with van der Waals surface area (Å²) in [5.74, 6) is 0.0394. The Bertz CT molecular complexity index is 504. The third kappa shape index (κ3) is 6.22. The topological polar surface area (TPSA) is 53.6 Å². The van der Waals surface area contributed by atoms with Crippen molar-refractivity contribution in [1.82, 2.24) is 15.5 Å². The Balaban J connectivity index is 0.00000144. The molecular weight excluding hydrogens is 349 g/mol. The summed E-state index contributed by atoms with van der Waals surface area (Å²) in [6, 6.07) is 8.23. The van der Waals surface area contributed by atoms with E-state index in [-0.39, 0.29) is 36.8 Å². The van der Waals surface area contributed by atoms with E-state index in [0.29, 0.717) is 0 Å². The molecular formula is C17H27Cl2N3O2. The maximum atomic E-state index is 12.4. The van der Waals surface area contributed by atoms with E-state index in [2.05, 4.69) is 21.6 Å². The molecule has 2 aliphatic rings. The third-order valence-corrected chi connectivity index (χ3v) is 4.33. The van der Waals surface area contributed by atoms with Crippen LogP contribution in [0.5, 0.6) is 0 Å². The fraction of sp³-hybridized carbons (Fsp3) is 0.588. The number of hydrogen-bond donors (Lipinski definition) is 2. The van der Waals surface area contributed by atoms with Gasteiger partial charge in [0.05, 0.1) is 13.2 Å². The summed E-state index contributed by atoms with van der Waals surface area (Å²) in [4.78, 5) is 14.8. The fourth-order valence-corrected chi connectivity index (χ4v) is 3.07. The molecule has 2 saturated heterocycles. The van der Waals surface area contributed by atoms with E-state index in [0.717, 1.165) is 64.3 Å². The van der Waals surface area contributed by atoms with Gasteiger partial charge in [0.15, 0.2) is 0 Å². The van der Waals surface area contributed by atoms with Crippen LogP contribution >= 0.6 is 24.8 Å². The van der Waals surface area contributed by atoms with Crippen LogP contribution in [0.4, 0.5) is 0 Å². The van der Waals surface area contributed by atoms with Gasteiger partial charge in [-0.2, -0.15) is 0 Å². The van der Waals surface area contributed by atoms with Crippen molar-refractivity contribution in [3.63, 3.8) is 0 Å². The number of nitrogens with zero attached hydrogens (tertiary/aromatic N) is 1. The van der Waals surface area contributed by atoms with Crippen LogP contribution < -0.4 is 10.6 Å². The molecule has 7 heteroatoms. The molecule has 3 rings (SSSR count). The summed E-state index contributed by atoms with van der Waals surface area (Å²) < 4.78 is 5.37. The number of amides is 1. The third-order valence-electron chi connectivity index (χ3n) is 4.33. The predicted molar refractivity (Wildman–Crippen MR) is 100 cm³/mol. The van der Waals surface area contributed by atoms with Crippen molar-refractivity contribution in [3.05, 3.63) is 35.4 Å². The van der Waals surface area contributed by atoms with Crippen molar-refractivity contribution in [1.29, 1.82) is 0 Å². The fourth-order valence-electron chi connectivity index (χ4n) is 3.07. The molecule has 1 amide bonds. The van der Waals surface area contributed by atoms with Crippen LogP contribution in [-0.4, -0.2) is 56.2 Å². The number of benzene rings is 1. The van der Waals surface area contributed by atoms with Crippen LogP contribution in [0.15, 0.2) is 24.3 Å². The quantitative estimate of drug-likeness (QED) is 0.842. The van der Waals surface area contributed by atoms with Gasteiger partial charge in [-0.25, -0.2) is 0 Å². The zero-order valence-electron chi connectivity index (χ0n) is 13.8. The second-order valence-corrected chi connectivity index (χ2v) is 6.11. The molecule has 5 nitrogen and oxygen atoms in total. The highest BCUT2D eigenvalue weighted by molar-refractivity contribution is 5.94. The minimum Gasteiger partial charge on any atom is -0.379 e. The number of ether oxygens (including phenoxy) is 1. The highest BCUT2D eigenvalue weighted by Crippen LogP contribution is 2.11. The van der Waals surface area contributed by atoms with Gasteiger partial charge in [0.25, 0.3) is 5.91 Å². The second-order valence-electron chi connectivity index (χ2n) is 6.11. The lowest BCUT2D eigenvalue weighted by Crippen LogP contribution is -2.45. The van der Waals surface area contributed by atoms with E-state index in [1.54, 1.807) is 0 Å². The Morgan fingerprint density at radius 3 is 2.79 bits per heavy atom. The van der Waals surface area contributed by atoms with Crippen molar-refractivity contribution in [2.75, 3.05) is 39.4 Å². The molecule has 0 aromatic heterocycles. The number of morpholine rings is 1. The van der Waals surface area contributed by atoms with Crippen LogP contribution in [0.3, 0.4) is 0 Å². The molecule has 2 fully saturated rings. The molecule has 2 N–H and O–H groups in total. The SMILES string of the molecule is Cl.Cl.O=C(N[C@H]1CCCNC1)c1cccc(CN2CCOCC2)c1. The number of piperidine rings is 1. The van der Waals surface area contributed by atoms with Gasteiger partial charge < -0.3 is 15.4 Å². The van der Waals surface area contributed by atoms with Gasteiger partial charge in [-0.05, 0) is 37.1 Å². The summed E-state index contributed by atoms with van der Waals surface area (Å²) in [6.45, 7) is 6.34. The minimum atomic E-state index is 0. The number of carbonyl (C=O) groups excluding carboxylic acids is 1. The molecule has 0 saturated carbocycles. The molecule has 136 valence electrons. The first-order chi connectivity index (χ1) is 10.8. The number of nitrogens with one attached hydrogen (secondary N) is 2. The highest BCUT2D eigenvalue weighted by Gasteiger charge is 2.17. The predicted octanol–water partition coefficient (Wildman–Crippen LogP) is 1.84. The summed E-state index contributed by atoms with van der Waals surface area (Å²) in [6.07, 6.45) is 2.19. The number of hydrogen-bond acceptors (Lipinski definition) is 4. The average Bonchev–Trinajstić information content (AvgIpc) is 2.57. The lowest BCUT2D eigenvalue weighted by atomic mass is 10.1. The first-order valence-corrected chi connectivity index (χ1v) is 8.22. The summed E-state index contributed by atoms with van der Waals surface area (Å²) in [5, 5.41) is 6.45.